The Kier molecular flexibility index (Phi) is 5.96. The van der Waals surface area contributed by atoms with Gasteiger partial charge in [0, 0.05) is 39.7 Å². The summed E-state index contributed by atoms with van der Waals surface area (Å²) in [5.74, 6) is 1.27. The van der Waals surface area contributed by atoms with E-state index in [2.05, 4.69) is 57.4 Å². The number of aromatic nitrogens is 2. The Labute approximate surface area is 143 Å². The van der Waals surface area contributed by atoms with Gasteiger partial charge in [0.25, 0.3) is 0 Å². The van der Waals surface area contributed by atoms with Gasteiger partial charge >= 0.3 is 0 Å². The first-order valence-corrected chi connectivity index (χ1v) is 8.54. The normalized spacial score (nSPS) is 19.5. The number of aryl methyl sites for hydroxylation is 1. The summed E-state index contributed by atoms with van der Waals surface area (Å²) in [5.41, 5.74) is 1.35. The summed E-state index contributed by atoms with van der Waals surface area (Å²) in [4.78, 5) is 4.67. The third-order valence-electron chi connectivity index (χ3n) is 4.17. The maximum absolute atomic E-state index is 6.03. The van der Waals surface area contributed by atoms with Crippen LogP contribution in [0.25, 0.3) is 0 Å². The van der Waals surface area contributed by atoms with Crippen molar-refractivity contribution in [2.24, 2.45) is 0 Å². The van der Waals surface area contributed by atoms with Gasteiger partial charge in [0.2, 0.25) is 11.8 Å². The van der Waals surface area contributed by atoms with Crippen molar-refractivity contribution < 1.29 is 9.15 Å². The summed E-state index contributed by atoms with van der Waals surface area (Å²) >= 11 is 0. The molecule has 0 radical (unpaired) electrons. The van der Waals surface area contributed by atoms with E-state index in [1.807, 2.05) is 6.92 Å². The predicted molar refractivity (Wildman–Crippen MR) is 91.4 cm³/mol. The highest BCUT2D eigenvalue weighted by Gasteiger charge is 2.21. The summed E-state index contributed by atoms with van der Waals surface area (Å²) in [5, 5.41) is 7.94. The van der Waals surface area contributed by atoms with Gasteiger partial charge in [0.15, 0.2) is 0 Å². The fraction of sp³-hybridized carbons (Fsp3) is 0.556. The van der Waals surface area contributed by atoms with E-state index in [-0.39, 0.29) is 6.10 Å². The monoisotopic (exact) mass is 330 g/mol. The van der Waals surface area contributed by atoms with Crippen molar-refractivity contribution in [1.82, 2.24) is 20.0 Å². The second-order valence-electron chi connectivity index (χ2n) is 6.48. The standard InChI is InChI=1S/C18H26N4O2/c1-15-19-20-18(24-15)14-21(2)12-17-13-22(9-6-10-23-17)11-16-7-4-3-5-8-16/h3-5,7-8,17H,6,9-14H2,1-2H3. The first-order valence-electron chi connectivity index (χ1n) is 8.54. The molecule has 1 fully saturated rings. The van der Waals surface area contributed by atoms with Gasteiger partial charge in [-0.3, -0.25) is 9.80 Å². The number of ether oxygens (including phenoxy) is 1. The molecule has 1 aromatic heterocycles. The van der Waals surface area contributed by atoms with Gasteiger partial charge in [0.05, 0.1) is 12.6 Å². The smallest absolute Gasteiger partial charge is 0.230 e. The van der Waals surface area contributed by atoms with Crippen LogP contribution < -0.4 is 0 Å². The molecule has 1 unspecified atom stereocenters. The SMILES string of the molecule is Cc1nnc(CN(C)CC2CN(Cc3ccccc3)CCCO2)o1. The van der Waals surface area contributed by atoms with Crippen LogP contribution in [0.3, 0.4) is 0 Å². The number of rotatable bonds is 6. The minimum Gasteiger partial charge on any atom is -0.424 e. The highest BCUT2D eigenvalue weighted by Crippen LogP contribution is 2.12. The number of hydrogen-bond donors (Lipinski definition) is 0. The predicted octanol–water partition coefficient (Wildman–Crippen LogP) is 2.10. The molecule has 130 valence electrons. The average molecular weight is 330 g/mol. The zero-order chi connectivity index (χ0) is 16.8. The molecule has 24 heavy (non-hydrogen) atoms. The van der Waals surface area contributed by atoms with E-state index in [9.17, 15) is 0 Å². The highest BCUT2D eigenvalue weighted by molar-refractivity contribution is 5.14. The van der Waals surface area contributed by atoms with Crippen molar-refractivity contribution in [3.63, 3.8) is 0 Å². The van der Waals surface area contributed by atoms with E-state index in [1.54, 1.807) is 0 Å². The van der Waals surface area contributed by atoms with Crippen LogP contribution in [0.4, 0.5) is 0 Å². The molecule has 0 saturated carbocycles. The largest absolute Gasteiger partial charge is 0.424 e. The molecule has 6 nitrogen and oxygen atoms in total. The molecular formula is C18H26N4O2. The van der Waals surface area contributed by atoms with Crippen LogP contribution >= 0.6 is 0 Å². The van der Waals surface area contributed by atoms with E-state index in [0.717, 1.165) is 39.2 Å². The molecule has 0 N–H and O–H groups in total. The summed E-state index contributed by atoms with van der Waals surface area (Å²) in [6.07, 6.45) is 1.28. The van der Waals surface area contributed by atoms with Crippen LogP contribution in [0.5, 0.6) is 0 Å². The molecule has 0 bridgehead atoms. The number of likely N-dealkylation sites (N-methyl/N-ethyl adjacent to an activating group) is 1. The Morgan fingerprint density at radius 3 is 2.83 bits per heavy atom. The molecule has 0 amide bonds. The van der Waals surface area contributed by atoms with Crippen molar-refractivity contribution in [3.05, 3.63) is 47.7 Å². The van der Waals surface area contributed by atoms with Crippen molar-refractivity contribution in [1.29, 1.82) is 0 Å². The molecule has 0 aliphatic carbocycles. The molecule has 1 aliphatic rings. The van der Waals surface area contributed by atoms with Gasteiger partial charge < -0.3 is 9.15 Å². The third-order valence-corrected chi connectivity index (χ3v) is 4.17. The lowest BCUT2D eigenvalue weighted by Crippen LogP contribution is -2.38. The molecule has 2 aromatic rings. The zero-order valence-electron chi connectivity index (χ0n) is 14.5. The third kappa shape index (κ3) is 5.12. The first kappa shape index (κ1) is 17.1. The lowest BCUT2D eigenvalue weighted by Gasteiger charge is -2.26. The summed E-state index contributed by atoms with van der Waals surface area (Å²) in [7, 11) is 2.06. The maximum Gasteiger partial charge on any atom is 0.230 e. The second-order valence-corrected chi connectivity index (χ2v) is 6.48. The first-order chi connectivity index (χ1) is 11.7. The molecule has 0 spiro atoms. The van der Waals surface area contributed by atoms with E-state index in [0.29, 0.717) is 18.3 Å². The average Bonchev–Trinajstić information content (AvgIpc) is 2.84. The topological polar surface area (TPSA) is 54.6 Å². The number of nitrogens with zero attached hydrogens (tertiary/aromatic N) is 4. The van der Waals surface area contributed by atoms with Crippen molar-refractivity contribution in [3.8, 4) is 0 Å². The van der Waals surface area contributed by atoms with Gasteiger partial charge in [-0.25, -0.2) is 0 Å². The van der Waals surface area contributed by atoms with Gasteiger partial charge in [-0.2, -0.15) is 0 Å². The minimum absolute atomic E-state index is 0.199. The van der Waals surface area contributed by atoms with Crippen LogP contribution in [0.2, 0.25) is 0 Å². The lowest BCUT2D eigenvalue weighted by atomic mass is 10.2. The maximum atomic E-state index is 6.03. The highest BCUT2D eigenvalue weighted by atomic mass is 16.5. The fourth-order valence-electron chi connectivity index (χ4n) is 3.11. The zero-order valence-corrected chi connectivity index (χ0v) is 14.5. The molecule has 1 aliphatic heterocycles. The molecular weight excluding hydrogens is 304 g/mol. The second kappa shape index (κ2) is 8.37. The van der Waals surface area contributed by atoms with Crippen LogP contribution in [-0.4, -0.2) is 59.4 Å². The summed E-state index contributed by atoms with van der Waals surface area (Å²) in [6, 6.07) is 10.6. The number of benzene rings is 1. The van der Waals surface area contributed by atoms with E-state index in [4.69, 9.17) is 9.15 Å². The summed E-state index contributed by atoms with van der Waals surface area (Å²) in [6.45, 7) is 7.15. The minimum atomic E-state index is 0.199. The van der Waals surface area contributed by atoms with Crippen LogP contribution in [-0.2, 0) is 17.8 Å². The molecule has 1 aromatic carbocycles. The van der Waals surface area contributed by atoms with Crippen LogP contribution in [0, 0.1) is 6.92 Å². The Balaban J connectivity index is 1.52. The van der Waals surface area contributed by atoms with Crippen molar-refractivity contribution in [2.75, 3.05) is 33.3 Å². The number of hydrogen-bond acceptors (Lipinski definition) is 6. The van der Waals surface area contributed by atoms with Crippen molar-refractivity contribution >= 4 is 0 Å². The van der Waals surface area contributed by atoms with Gasteiger partial charge in [-0.1, -0.05) is 30.3 Å². The van der Waals surface area contributed by atoms with E-state index in [1.165, 1.54) is 5.56 Å². The molecule has 2 heterocycles. The summed E-state index contributed by atoms with van der Waals surface area (Å²) < 4.78 is 11.5. The van der Waals surface area contributed by atoms with Crippen LogP contribution in [0.15, 0.2) is 34.7 Å². The van der Waals surface area contributed by atoms with Crippen molar-refractivity contribution in [2.45, 2.75) is 32.5 Å². The van der Waals surface area contributed by atoms with E-state index < -0.39 is 0 Å². The Morgan fingerprint density at radius 2 is 2.08 bits per heavy atom. The van der Waals surface area contributed by atoms with E-state index >= 15 is 0 Å². The van der Waals surface area contributed by atoms with Crippen LogP contribution in [0.1, 0.15) is 23.8 Å². The Bertz CT molecular complexity index is 616. The Hall–Kier alpha value is -1.76. The molecule has 6 heteroatoms. The molecule has 3 rings (SSSR count). The van der Waals surface area contributed by atoms with Gasteiger partial charge in [0.1, 0.15) is 0 Å². The lowest BCUT2D eigenvalue weighted by molar-refractivity contribution is 0.0283. The van der Waals surface area contributed by atoms with Gasteiger partial charge in [-0.05, 0) is 19.0 Å². The molecule has 1 saturated heterocycles. The molecule has 1 atom stereocenters. The van der Waals surface area contributed by atoms with Gasteiger partial charge in [-0.15, -0.1) is 10.2 Å². The quantitative estimate of drug-likeness (QED) is 0.808. The Morgan fingerprint density at radius 1 is 1.25 bits per heavy atom. The fourth-order valence-corrected chi connectivity index (χ4v) is 3.11.